The molecule has 2 nitrogen and oxygen atoms in total. The minimum atomic E-state index is -0.523. The summed E-state index contributed by atoms with van der Waals surface area (Å²) in [5.41, 5.74) is 5.09. The standard InChI is InChI=1S/C5H10NO/c1-3-5(7)4(2)6/h4H,2-3,6H2,1H3. The van der Waals surface area contributed by atoms with E-state index in [0.29, 0.717) is 6.42 Å². The fourth-order valence-corrected chi connectivity index (χ4v) is 0.262. The molecule has 0 spiro atoms. The summed E-state index contributed by atoms with van der Waals surface area (Å²) in [6.45, 7) is 5.11. The van der Waals surface area contributed by atoms with E-state index in [1.165, 1.54) is 0 Å². The summed E-state index contributed by atoms with van der Waals surface area (Å²) in [6.07, 6.45) is 0.491. The first-order chi connectivity index (χ1) is 3.18. The maximum atomic E-state index is 10.3. The van der Waals surface area contributed by atoms with Gasteiger partial charge in [-0.2, -0.15) is 0 Å². The molecule has 0 rings (SSSR count). The smallest absolute Gasteiger partial charge is 0.149 e. The van der Waals surface area contributed by atoms with Gasteiger partial charge in [-0.1, -0.05) is 6.92 Å². The van der Waals surface area contributed by atoms with Crippen LogP contribution in [0.15, 0.2) is 0 Å². The zero-order chi connectivity index (χ0) is 5.86. The number of Topliss-reactive ketones (excluding diaryl/α,β-unsaturated/α-hetero) is 1. The molecule has 2 heteroatoms. The summed E-state index contributed by atoms with van der Waals surface area (Å²) in [4.78, 5) is 10.3. The highest BCUT2D eigenvalue weighted by atomic mass is 16.1. The van der Waals surface area contributed by atoms with Gasteiger partial charge in [-0.15, -0.1) is 0 Å². The molecule has 0 fully saturated rings. The van der Waals surface area contributed by atoms with Gasteiger partial charge in [0.05, 0.1) is 6.04 Å². The molecule has 0 aromatic heterocycles. The van der Waals surface area contributed by atoms with E-state index in [1.54, 1.807) is 6.92 Å². The lowest BCUT2D eigenvalue weighted by molar-refractivity contribution is -0.119. The molecule has 0 aliphatic heterocycles. The molecule has 0 aromatic rings. The third-order valence-corrected chi connectivity index (χ3v) is 0.762. The maximum absolute atomic E-state index is 10.3. The van der Waals surface area contributed by atoms with Gasteiger partial charge in [-0.05, 0) is 6.92 Å². The van der Waals surface area contributed by atoms with Crippen molar-refractivity contribution < 1.29 is 4.79 Å². The van der Waals surface area contributed by atoms with Crippen LogP contribution in [0.3, 0.4) is 0 Å². The SMILES string of the molecule is [CH2]C(N)C(=O)CC. The summed E-state index contributed by atoms with van der Waals surface area (Å²) in [5, 5.41) is 0. The van der Waals surface area contributed by atoms with Crippen LogP contribution in [0.2, 0.25) is 0 Å². The molecule has 0 aliphatic rings. The number of nitrogens with two attached hydrogens (primary N) is 1. The van der Waals surface area contributed by atoms with E-state index < -0.39 is 6.04 Å². The van der Waals surface area contributed by atoms with Gasteiger partial charge in [0, 0.05) is 6.42 Å². The number of carbonyl (C=O) groups excluding carboxylic acids is 1. The van der Waals surface area contributed by atoms with Crippen LogP contribution in [0, 0.1) is 6.92 Å². The highest BCUT2D eigenvalue weighted by Crippen LogP contribution is 1.82. The van der Waals surface area contributed by atoms with E-state index >= 15 is 0 Å². The van der Waals surface area contributed by atoms with Gasteiger partial charge in [0.2, 0.25) is 0 Å². The van der Waals surface area contributed by atoms with Crippen LogP contribution in [0.5, 0.6) is 0 Å². The maximum Gasteiger partial charge on any atom is 0.149 e. The third-order valence-electron chi connectivity index (χ3n) is 0.762. The normalized spacial score (nSPS) is 13.6. The van der Waals surface area contributed by atoms with E-state index in [-0.39, 0.29) is 5.78 Å². The van der Waals surface area contributed by atoms with E-state index in [2.05, 4.69) is 6.92 Å². The molecular formula is C5H10NO. The highest BCUT2D eigenvalue weighted by molar-refractivity contribution is 5.83. The lowest BCUT2D eigenvalue weighted by Gasteiger charge is -1.96. The Morgan fingerprint density at radius 2 is 2.43 bits per heavy atom. The van der Waals surface area contributed by atoms with E-state index in [9.17, 15) is 4.79 Å². The van der Waals surface area contributed by atoms with Crippen molar-refractivity contribution in [2.75, 3.05) is 0 Å². The van der Waals surface area contributed by atoms with Crippen molar-refractivity contribution >= 4 is 5.78 Å². The Morgan fingerprint density at radius 3 is 2.43 bits per heavy atom. The summed E-state index contributed by atoms with van der Waals surface area (Å²) < 4.78 is 0. The average Bonchev–Trinajstić information content (AvgIpc) is 1.65. The van der Waals surface area contributed by atoms with Crippen molar-refractivity contribution in [2.45, 2.75) is 19.4 Å². The predicted molar refractivity (Wildman–Crippen MR) is 28.6 cm³/mol. The quantitative estimate of drug-likeness (QED) is 0.536. The van der Waals surface area contributed by atoms with Gasteiger partial charge in [-0.25, -0.2) is 0 Å². The second-order valence-corrected chi connectivity index (χ2v) is 1.43. The van der Waals surface area contributed by atoms with Crippen molar-refractivity contribution in [1.29, 1.82) is 0 Å². The van der Waals surface area contributed by atoms with Gasteiger partial charge in [0.25, 0.3) is 0 Å². The van der Waals surface area contributed by atoms with Crippen LogP contribution in [0.4, 0.5) is 0 Å². The molecule has 2 N–H and O–H groups in total. The van der Waals surface area contributed by atoms with E-state index in [4.69, 9.17) is 5.73 Å². The fraction of sp³-hybridized carbons (Fsp3) is 0.600. The Balaban J connectivity index is 3.35. The Hall–Kier alpha value is -0.370. The van der Waals surface area contributed by atoms with Gasteiger partial charge in [0.1, 0.15) is 5.78 Å². The van der Waals surface area contributed by atoms with Gasteiger partial charge in [0.15, 0.2) is 0 Å². The number of rotatable bonds is 2. The Bertz CT molecular complexity index is 68.5. The minimum absolute atomic E-state index is 0.0139. The van der Waals surface area contributed by atoms with Gasteiger partial charge < -0.3 is 5.73 Å². The van der Waals surface area contributed by atoms with Crippen LogP contribution >= 0.6 is 0 Å². The largest absolute Gasteiger partial charge is 0.322 e. The molecule has 0 aromatic carbocycles. The number of ketones is 1. The van der Waals surface area contributed by atoms with Crippen molar-refractivity contribution in [1.82, 2.24) is 0 Å². The molecule has 1 unspecified atom stereocenters. The lowest BCUT2D eigenvalue weighted by Crippen LogP contribution is -2.25. The summed E-state index contributed by atoms with van der Waals surface area (Å²) in [5.74, 6) is 0.0139. The molecule has 0 aliphatic carbocycles. The molecule has 0 amide bonds. The predicted octanol–water partition coefficient (Wildman–Crippen LogP) is 0.127. The van der Waals surface area contributed by atoms with Crippen molar-refractivity contribution in [3.05, 3.63) is 6.92 Å². The molecule has 0 heterocycles. The molecular weight excluding hydrogens is 90.1 g/mol. The second-order valence-electron chi connectivity index (χ2n) is 1.43. The van der Waals surface area contributed by atoms with E-state index in [0.717, 1.165) is 0 Å². The zero-order valence-corrected chi connectivity index (χ0v) is 4.48. The van der Waals surface area contributed by atoms with Crippen LogP contribution in [-0.4, -0.2) is 11.8 Å². The molecule has 0 bridgehead atoms. The molecule has 41 valence electrons. The van der Waals surface area contributed by atoms with E-state index in [1.807, 2.05) is 0 Å². The van der Waals surface area contributed by atoms with Crippen LogP contribution in [0.25, 0.3) is 0 Å². The van der Waals surface area contributed by atoms with Crippen molar-refractivity contribution in [3.8, 4) is 0 Å². The summed E-state index contributed by atoms with van der Waals surface area (Å²) >= 11 is 0. The number of carbonyl (C=O) groups is 1. The Kier molecular flexibility index (Phi) is 2.60. The van der Waals surface area contributed by atoms with Crippen LogP contribution < -0.4 is 5.73 Å². The molecule has 1 radical (unpaired) electrons. The first kappa shape index (κ1) is 6.63. The monoisotopic (exact) mass is 100 g/mol. The number of hydrogen-bond acceptors (Lipinski definition) is 2. The number of hydrogen-bond donors (Lipinski definition) is 1. The van der Waals surface area contributed by atoms with Crippen LogP contribution in [0.1, 0.15) is 13.3 Å². The first-order valence-corrected chi connectivity index (χ1v) is 2.30. The molecule has 1 atom stereocenters. The topological polar surface area (TPSA) is 43.1 Å². The fourth-order valence-electron chi connectivity index (χ4n) is 0.262. The van der Waals surface area contributed by atoms with Gasteiger partial charge >= 0.3 is 0 Å². The summed E-state index contributed by atoms with van der Waals surface area (Å²) in [7, 11) is 0. The highest BCUT2D eigenvalue weighted by Gasteiger charge is 2.01. The second kappa shape index (κ2) is 2.75. The third kappa shape index (κ3) is 2.34. The Labute approximate surface area is 43.7 Å². The minimum Gasteiger partial charge on any atom is -0.322 e. The lowest BCUT2D eigenvalue weighted by atomic mass is 10.2. The molecule has 0 saturated heterocycles. The zero-order valence-electron chi connectivity index (χ0n) is 4.48. The average molecular weight is 100 g/mol. The van der Waals surface area contributed by atoms with Crippen molar-refractivity contribution in [2.24, 2.45) is 5.73 Å². The Morgan fingerprint density at radius 1 is 2.00 bits per heavy atom. The summed E-state index contributed by atoms with van der Waals surface area (Å²) in [6, 6.07) is -0.523. The van der Waals surface area contributed by atoms with Gasteiger partial charge in [-0.3, -0.25) is 4.79 Å². The van der Waals surface area contributed by atoms with Crippen molar-refractivity contribution in [3.63, 3.8) is 0 Å². The van der Waals surface area contributed by atoms with Crippen LogP contribution in [-0.2, 0) is 4.79 Å². The molecule has 7 heavy (non-hydrogen) atoms. The first-order valence-electron chi connectivity index (χ1n) is 2.30. The molecule has 0 saturated carbocycles.